The van der Waals surface area contributed by atoms with Gasteiger partial charge in [-0.3, -0.25) is 5.32 Å². The Kier molecular flexibility index (Phi) is 3.99. The zero-order valence-electron chi connectivity index (χ0n) is 10.8. The van der Waals surface area contributed by atoms with Crippen LogP contribution in [0.2, 0.25) is 0 Å². The first-order valence-corrected chi connectivity index (χ1v) is 6.44. The number of amides is 2. The standard InChI is InChI=1S/C11H12N4O4S/c1-5-6(2)20-9(8(5)10(16)17)14-11(18)12-3-7-13-4-19-15-7/h4H,3H2,1-2H3,(H,16,17)(H2,12,14,18). The molecule has 0 unspecified atom stereocenters. The van der Waals surface area contributed by atoms with E-state index in [1.807, 2.05) is 0 Å². The maximum atomic E-state index is 11.7. The van der Waals surface area contributed by atoms with E-state index in [1.165, 1.54) is 11.3 Å². The summed E-state index contributed by atoms with van der Waals surface area (Å²) in [7, 11) is 0. The number of anilines is 1. The van der Waals surface area contributed by atoms with Gasteiger partial charge in [-0.25, -0.2) is 9.59 Å². The van der Waals surface area contributed by atoms with Crippen molar-refractivity contribution in [1.82, 2.24) is 15.5 Å². The summed E-state index contributed by atoms with van der Waals surface area (Å²) >= 11 is 1.22. The summed E-state index contributed by atoms with van der Waals surface area (Å²) in [6.07, 6.45) is 1.16. The van der Waals surface area contributed by atoms with Gasteiger partial charge in [0, 0.05) is 4.88 Å². The molecule has 0 fully saturated rings. The normalized spacial score (nSPS) is 10.3. The van der Waals surface area contributed by atoms with Crippen molar-refractivity contribution in [3.63, 3.8) is 0 Å². The van der Waals surface area contributed by atoms with E-state index in [0.29, 0.717) is 16.4 Å². The summed E-state index contributed by atoms with van der Waals surface area (Å²) in [5, 5.41) is 18.0. The van der Waals surface area contributed by atoms with Crippen LogP contribution in [0, 0.1) is 13.8 Å². The van der Waals surface area contributed by atoms with Gasteiger partial charge in [-0.15, -0.1) is 11.3 Å². The number of aromatic nitrogens is 2. The minimum Gasteiger partial charge on any atom is -0.478 e. The Labute approximate surface area is 117 Å². The summed E-state index contributed by atoms with van der Waals surface area (Å²) < 4.78 is 4.53. The molecule has 0 bridgehead atoms. The summed E-state index contributed by atoms with van der Waals surface area (Å²) in [5.41, 5.74) is 0.762. The van der Waals surface area contributed by atoms with Crippen LogP contribution in [-0.2, 0) is 6.54 Å². The minimum absolute atomic E-state index is 0.0913. The molecule has 3 N–H and O–H groups in total. The molecule has 106 valence electrons. The van der Waals surface area contributed by atoms with Crippen molar-refractivity contribution in [2.75, 3.05) is 5.32 Å². The second kappa shape index (κ2) is 5.70. The van der Waals surface area contributed by atoms with Crippen LogP contribution < -0.4 is 10.6 Å². The molecule has 0 aliphatic heterocycles. The highest BCUT2D eigenvalue weighted by Gasteiger charge is 2.20. The van der Waals surface area contributed by atoms with Crippen molar-refractivity contribution in [1.29, 1.82) is 0 Å². The number of nitrogens with one attached hydrogen (secondary N) is 2. The van der Waals surface area contributed by atoms with E-state index in [9.17, 15) is 9.59 Å². The molecule has 0 saturated carbocycles. The van der Waals surface area contributed by atoms with Gasteiger partial charge >= 0.3 is 12.0 Å². The molecule has 2 amide bonds. The van der Waals surface area contributed by atoms with Crippen molar-refractivity contribution < 1.29 is 19.2 Å². The Morgan fingerprint density at radius 3 is 2.80 bits per heavy atom. The summed E-state index contributed by atoms with van der Waals surface area (Å²) in [6.45, 7) is 3.60. The molecular weight excluding hydrogens is 284 g/mol. The second-order valence-electron chi connectivity index (χ2n) is 3.95. The van der Waals surface area contributed by atoms with Crippen LogP contribution in [-0.4, -0.2) is 27.2 Å². The summed E-state index contributed by atoms with van der Waals surface area (Å²) in [5.74, 6) is -0.738. The number of hydrogen-bond acceptors (Lipinski definition) is 6. The second-order valence-corrected chi connectivity index (χ2v) is 5.17. The van der Waals surface area contributed by atoms with Crippen LogP contribution in [0.5, 0.6) is 0 Å². The molecule has 20 heavy (non-hydrogen) atoms. The third kappa shape index (κ3) is 2.94. The van der Waals surface area contributed by atoms with E-state index in [1.54, 1.807) is 13.8 Å². The average Bonchev–Trinajstić information content (AvgIpc) is 2.96. The monoisotopic (exact) mass is 296 g/mol. The average molecular weight is 296 g/mol. The minimum atomic E-state index is -1.07. The van der Waals surface area contributed by atoms with Crippen LogP contribution in [0.4, 0.5) is 9.80 Å². The fourth-order valence-corrected chi connectivity index (χ4v) is 2.60. The highest BCUT2D eigenvalue weighted by Crippen LogP contribution is 2.32. The molecule has 0 aliphatic rings. The Morgan fingerprint density at radius 1 is 1.45 bits per heavy atom. The molecule has 2 aromatic rings. The van der Waals surface area contributed by atoms with Crippen molar-refractivity contribution >= 4 is 28.3 Å². The van der Waals surface area contributed by atoms with E-state index in [-0.39, 0.29) is 12.1 Å². The molecule has 8 nitrogen and oxygen atoms in total. The summed E-state index contributed by atoms with van der Waals surface area (Å²) in [6, 6.07) is -0.529. The lowest BCUT2D eigenvalue weighted by molar-refractivity contribution is 0.0697. The smallest absolute Gasteiger partial charge is 0.338 e. The van der Waals surface area contributed by atoms with Crippen LogP contribution in [0.1, 0.15) is 26.6 Å². The van der Waals surface area contributed by atoms with Gasteiger partial charge in [0.2, 0.25) is 6.39 Å². The third-order valence-electron chi connectivity index (χ3n) is 2.64. The molecule has 0 atom stereocenters. The van der Waals surface area contributed by atoms with Crippen LogP contribution in [0.3, 0.4) is 0 Å². The Balaban J connectivity index is 2.04. The SMILES string of the molecule is Cc1sc(NC(=O)NCc2ncon2)c(C(=O)O)c1C. The van der Waals surface area contributed by atoms with E-state index < -0.39 is 12.0 Å². The van der Waals surface area contributed by atoms with Crippen LogP contribution in [0.25, 0.3) is 0 Å². The zero-order valence-corrected chi connectivity index (χ0v) is 11.6. The molecular formula is C11H12N4O4S. The van der Waals surface area contributed by atoms with E-state index in [2.05, 4.69) is 25.3 Å². The molecule has 0 aliphatic carbocycles. The number of rotatable bonds is 4. The Hall–Kier alpha value is -2.42. The number of thiophene rings is 1. The largest absolute Gasteiger partial charge is 0.478 e. The number of carbonyl (C=O) groups excluding carboxylic acids is 1. The number of hydrogen-bond donors (Lipinski definition) is 3. The number of aryl methyl sites for hydroxylation is 1. The molecule has 9 heteroatoms. The highest BCUT2D eigenvalue weighted by molar-refractivity contribution is 7.16. The topological polar surface area (TPSA) is 117 Å². The maximum Gasteiger partial charge on any atom is 0.338 e. The lowest BCUT2D eigenvalue weighted by Gasteiger charge is -2.05. The highest BCUT2D eigenvalue weighted by atomic mass is 32.1. The van der Waals surface area contributed by atoms with Gasteiger partial charge in [0.15, 0.2) is 5.82 Å². The first-order valence-electron chi connectivity index (χ1n) is 5.62. The Bertz CT molecular complexity index is 635. The molecule has 0 radical (unpaired) electrons. The molecule has 2 heterocycles. The summed E-state index contributed by atoms with van der Waals surface area (Å²) in [4.78, 5) is 27.5. The van der Waals surface area contributed by atoms with Gasteiger partial charge in [0.25, 0.3) is 0 Å². The van der Waals surface area contributed by atoms with Gasteiger partial charge in [-0.2, -0.15) is 4.98 Å². The van der Waals surface area contributed by atoms with Gasteiger partial charge in [0.1, 0.15) is 5.00 Å². The quantitative estimate of drug-likeness (QED) is 0.791. The first kappa shape index (κ1) is 14.0. The molecule has 0 saturated heterocycles. The van der Waals surface area contributed by atoms with Gasteiger partial charge in [-0.05, 0) is 19.4 Å². The molecule has 2 aromatic heterocycles. The molecule has 2 rings (SSSR count). The van der Waals surface area contributed by atoms with Crippen LogP contribution in [0.15, 0.2) is 10.9 Å². The van der Waals surface area contributed by atoms with Gasteiger partial charge in [0.05, 0.1) is 12.1 Å². The number of urea groups is 1. The van der Waals surface area contributed by atoms with E-state index in [0.717, 1.165) is 11.3 Å². The molecule has 0 aromatic carbocycles. The lowest BCUT2D eigenvalue weighted by Crippen LogP contribution is -2.28. The van der Waals surface area contributed by atoms with Crippen LogP contribution >= 0.6 is 11.3 Å². The fraction of sp³-hybridized carbons (Fsp3) is 0.273. The number of nitrogens with zero attached hydrogens (tertiary/aromatic N) is 2. The van der Waals surface area contributed by atoms with Crippen molar-refractivity contribution in [2.24, 2.45) is 0 Å². The van der Waals surface area contributed by atoms with E-state index in [4.69, 9.17) is 5.11 Å². The third-order valence-corrected chi connectivity index (χ3v) is 3.76. The van der Waals surface area contributed by atoms with Crippen molar-refractivity contribution in [2.45, 2.75) is 20.4 Å². The number of carboxylic acid groups (broad SMARTS) is 1. The Morgan fingerprint density at radius 2 is 2.20 bits per heavy atom. The number of carboxylic acids is 1. The molecule has 0 spiro atoms. The number of aromatic carboxylic acids is 1. The predicted octanol–water partition coefficient (Wildman–Crippen LogP) is 1.77. The van der Waals surface area contributed by atoms with E-state index >= 15 is 0 Å². The first-order chi connectivity index (χ1) is 9.49. The van der Waals surface area contributed by atoms with Crippen molar-refractivity contribution in [3.8, 4) is 0 Å². The lowest BCUT2D eigenvalue weighted by atomic mass is 10.1. The number of carbonyl (C=O) groups is 2. The van der Waals surface area contributed by atoms with Crippen molar-refractivity contribution in [3.05, 3.63) is 28.2 Å². The fourth-order valence-electron chi connectivity index (χ4n) is 1.55. The predicted molar refractivity (Wildman–Crippen MR) is 70.9 cm³/mol. The maximum absolute atomic E-state index is 11.7. The van der Waals surface area contributed by atoms with Gasteiger partial charge in [-0.1, -0.05) is 5.16 Å². The zero-order chi connectivity index (χ0) is 14.7. The van der Waals surface area contributed by atoms with Gasteiger partial charge < -0.3 is 14.9 Å².